The summed E-state index contributed by atoms with van der Waals surface area (Å²) in [7, 11) is 2.19. The zero-order valence-electron chi connectivity index (χ0n) is 10.7. The second-order valence-electron chi connectivity index (χ2n) is 4.58. The monoisotopic (exact) mass is 221 g/mol. The molecule has 3 nitrogen and oxygen atoms in total. The first-order valence-electron chi connectivity index (χ1n) is 5.67. The Hall–Kier alpha value is -1.06. The Morgan fingerprint density at radius 2 is 1.62 bits per heavy atom. The van der Waals surface area contributed by atoms with Crippen LogP contribution >= 0.6 is 0 Å². The summed E-state index contributed by atoms with van der Waals surface area (Å²) in [4.78, 5) is 4.89. The summed E-state index contributed by atoms with van der Waals surface area (Å²) < 4.78 is 0. The van der Waals surface area contributed by atoms with Gasteiger partial charge in [-0.05, 0) is 38.1 Å². The summed E-state index contributed by atoms with van der Waals surface area (Å²) >= 11 is 0. The number of hydrogen-bond donors (Lipinski definition) is 1. The van der Waals surface area contributed by atoms with Crippen LogP contribution in [0, 0.1) is 13.8 Å². The fourth-order valence-corrected chi connectivity index (χ4v) is 2.11. The van der Waals surface area contributed by atoms with Crippen molar-refractivity contribution in [3.8, 4) is 0 Å². The van der Waals surface area contributed by atoms with Crippen LogP contribution in [-0.4, -0.2) is 38.1 Å². The van der Waals surface area contributed by atoms with E-state index in [0.717, 1.165) is 13.1 Å². The van der Waals surface area contributed by atoms with Crippen LogP contribution in [0.4, 0.5) is 5.69 Å². The van der Waals surface area contributed by atoms with Gasteiger partial charge in [-0.3, -0.25) is 0 Å². The number of hydrogen-bond acceptors (Lipinski definition) is 3. The molecule has 16 heavy (non-hydrogen) atoms. The number of aryl methyl sites for hydroxylation is 2. The largest absolute Gasteiger partial charge is 0.369 e. The number of rotatable bonds is 1. The van der Waals surface area contributed by atoms with Gasteiger partial charge in [0.2, 0.25) is 0 Å². The molecule has 0 atom stereocenters. The number of benzene rings is 1. The van der Waals surface area contributed by atoms with E-state index in [1.165, 1.54) is 29.9 Å². The lowest BCUT2D eigenvalue weighted by Gasteiger charge is -2.35. The Bertz CT molecular complexity index is 341. The van der Waals surface area contributed by atoms with E-state index in [2.05, 4.69) is 48.9 Å². The van der Waals surface area contributed by atoms with Gasteiger partial charge in [0.05, 0.1) is 0 Å². The zero-order valence-corrected chi connectivity index (χ0v) is 10.7. The highest BCUT2D eigenvalue weighted by molar-refractivity contribution is 5.55. The molecule has 0 saturated carbocycles. The van der Waals surface area contributed by atoms with Gasteiger partial charge in [-0.1, -0.05) is 12.1 Å². The van der Waals surface area contributed by atoms with Gasteiger partial charge in [0.1, 0.15) is 0 Å². The quantitative estimate of drug-likeness (QED) is 0.790. The van der Waals surface area contributed by atoms with Gasteiger partial charge in [-0.15, -0.1) is 0 Å². The summed E-state index contributed by atoms with van der Waals surface area (Å²) in [6.45, 7) is 9.02. The molecule has 0 spiro atoms. The molecule has 0 aliphatic carbocycles. The molecule has 3 N–H and O–H groups in total. The summed E-state index contributed by atoms with van der Waals surface area (Å²) in [5.74, 6) is 0. The summed E-state index contributed by atoms with van der Waals surface area (Å²) in [5.41, 5.74) is 4.17. The lowest BCUT2D eigenvalue weighted by atomic mass is 10.1. The first-order valence-corrected chi connectivity index (χ1v) is 5.67. The average molecular weight is 221 g/mol. The molecule has 1 aliphatic heterocycles. The van der Waals surface area contributed by atoms with E-state index < -0.39 is 0 Å². The number of likely N-dealkylation sites (N-methyl/N-ethyl adjacent to an activating group) is 1. The second kappa shape index (κ2) is 5.32. The van der Waals surface area contributed by atoms with Crippen molar-refractivity contribution in [3.05, 3.63) is 29.3 Å². The average Bonchev–Trinajstić information content (AvgIpc) is 2.23. The molecule has 0 unspecified atom stereocenters. The summed E-state index contributed by atoms with van der Waals surface area (Å²) in [6.07, 6.45) is 0. The van der Waals surface area contributed by atoms with Crippen LogP contribution in [0.25, 0.3) is 0 Å². The zero-order chi connectivity index (χ0) is 10.8. The van der Waals surface area contributed by atoms with Crippen molar-refractivity contribution in [2.45, 2.75) is 13.8 Å². The lowest BCUT2D eigenvalue weighted by molar-refractivity contribution is 0.312. The van der Waals surface area contributed by atoms with Crippen molar-refractivity contribution >= 4 is 5.69 Å². The van der Waals surface area contributed by atoms with Crippen LogP contribution in [0.15, 0.2) is 18.2 Å². The maximum Gasteiger partial charge on any atom is 0.0399 e. The van der Waals surface area contributed by atoms with E-state index >= 15 is 0 Å². The highest BCUT2D eigenvalue weighted by atomic mass is 15.2. The molecule has 0 bridgehead atoms. The Kier molecular flexibility index (Phi) is 4.33. The third-order valence-electron chi connectivity index (χ3n) is 3.21. The van der Waals surface area contributed by atoms with Crippen LogP contribution < -0.4 is 11.1 Å². The molecule has 0 amide bonds. The normalized spacial score (nSPS) is 17.1. The van der Waals surface area contributed by atoms with Crippen molar-refractivity contribution in [1.82, 2.24) is 11.1 Å². The van der Waals surface area contributed by atoms with E-state index in [0.29, 0.717) is 0 Å². The molecule has 1 fully saturated rings. The molecule has 1 aromatic rings. The Morgan fingerprint density at radius 3 is 2.25 bits per heavy atom. The fourth-order valence-electron chi connectivity index (χ4n) is 2.11. The summed E-state index contributed by atoms with van der Waals surface area (Å²) in [5, 5.41) is 0. The predicted octanol–water partition coefficient (Wildman–Crippen LogP) is 2.22. The minimum absolute atomic E-state index is 0. The van der Waals surface area contributed by atoms with Gasteiger partial charge in [0.25, 0.3) is 0 Å². The molecule has 1 aromatic carbocycles. The fraction of sp³-hybridized carbons (Fsp3) is 0.538. The van der Waals surface area contributed by atoms with E-state index in [9.17, 15) is 0 Å². The molecule has 1 heterocycles. The highest BCUT2D eigenvalue weighted by Crippen LogP contribution is 2.22. The predicted molar refractivity (Wildman–Crippen MR) is 70.6 cm³/mol. The van der Waals surface area contributed by atoms with Gasteiger partial charge in [0, 0.05) is 31.9 Å². The van der Waals surface area contributed by atoms with Crippen molar-refractivity contribution < 1.29 is 0 Å². The smallest absolute Gasteiger partial charge is 0.0399 e. The molecule has 1 aliphatic rings. The molecule has 2 rings (SSSR count). The number of anilines is 1. The molecular weight excluding hydrogens is 198 g/mol. The molecule has 1 saturated heterocycles. The number of nitrogens with zero attached hydrogens (tertiary/aromatic N) is 2. The third kappa shape index (κ3) is 2.74. The second-order valence-corrected chi connectivity index (χ2v) is 4.58. The van der Waals surface area contributed by atoms with E-state index in [4.69, 9.17) is 0 Å². The SMILES string of the molecule is Cc1ccc(C)c(N2CCN(C)CC2)c1.N. The molecule has 0 aromatic heterocycles. The minimum atomic E-state index is 0. The number of piperazine rings is 1. The van der Waals surface area contributed by atoms with Crippen molar-refractivity contribution in [2.75, 3.05) is 38.1 Å². The molecular formula is C13H23N3. The molecule has 90 valence electrons. The molecule has 0 radical (unpaired) electrons. The van der Waals surface area contributed by atoms with E-state index in [-0.39, 0.29) is 6.15 Å². The first-order chi connectivity index (χ1) is 7.16. The standard InChI is InChI=1S/C13H20N2.H3N/c1-11-4-5-12(2)13(10-11)15-8-6-14(3)7-9-15;/h4-5,10H,6-9H2,1-3H3;1H3. The Balaban J connectivity index is 0.00000128. The Morgan fingerprint density at radius 1 is 1.00 bits per heavy atom. The molecule has 3 heteroatoms. The lowest BCUT2D eigenvalue weighted by Crippen LogP contribution is -2.44. The van der Waals surface area contributed by atoms with E-state index in [1.807, 2.05) is 0 Å². The van der Waals surface area contributed by atoms with E-state index in [1.54, 1.807) is 0 Å². The van der Waals surface area contributed by atoms with Crippen molar-refractivity contribution in [1.29, 1.82) is 0 Å². The maximum atomic E-state index is 2.50. The van der Waals surface area contributed by atoms with Gasteiger partial charge in [-0.25, -0.2) is 0 Å². The van der Waals surface area contributed by atoms with Gasteiger partial charge < -0.3 is 16.0 Å². The van der Waals surface area contributed by atoms with Crippen LogP contribution in [0.1, 0.15) is 11.1 Å². The topological polar surface area (TPSA) is 41.5 Å². The Labute approximate surface area is 98.6 Å². The van der Waals surface area contributed by atoms with Crippen LogP contribution in [0.5, 0.6) is 0 Å². The van der Waals surface area contributed by atoms with Gasteiger partial charge in [-0.2, -0.15) is 0 Å². The van der Waals surface area contributed by atoms with Crippen LogP contribution in [0.2, 0.25) is 0 Å². The van der Waals surface area contributed by atoms with Crippen molar-refractivity contribution in [2.24, 2.45) is 0 Å². The minimum Gasteiger partial charge on any atom is -0.369 e. The van der Waals surface area contributed by atoms with Crippen LogP contribution in [0.3, 0.4) is 0 Å². The summed E-state index contributed by atoms with van der Waals surface area (Å²) in [6, 6.07) is 6.72. The van der Waals surface area contributed by atoms with Crippen LogP contribution in [-0.2, 0) is 0 Å². The van der Waals surface area contributed by atoms with Gasteiger partial charge >= 0.3 is 0 Å². The van der Waals surface area contributed by atoms with Gasteiger partial charge in [0.15, 0.2) is 0 Å². The first kappa shape index (κ1) is 13.0. The van der Waals surface area contributed by atoms with Crippen molar-refractivity contribution in [3.63, 3.8) is 0 Å². The third-order valence-corrected chi connectivity index (χ3v) is 3.21. The maximum absolute atomic E-state index is 2.50. The highest BCUT2D eigenvalue weighted by Gasteiger charge is 2.15.